The average Bonchev–Trinajstić information content (AvgIpc) is 2.45. The largest absolute Gasteiger partial charge is 0.483 e. The van der Waals surface area contributed by atoms with E-state index in [2.05, 4.69) is 4.98 Å². The molecule has 0 amide bonds. The second-order valence-electron chi connectivity index (χ2n) is 5.71. The van der Waals surface area contributed by atoms with Gasteiger partial charge >= 0.3 is 5.51 Å². The van der Waals surface area contributed by atoms with Crippen molar-refractivity contribution in [1.82, 2.24) is 4.98 Å². The van der Waals surface area contributed by atoms with E-state index in [4.69, 9.17) is 4.74 Å². The Morgan fingerprint density at radius 2 is 1.96 bits per heavy atom. The number of thioether (sulfide) groups is 1. The molecular weight excluding hydrogens is 323 g/mol. The molecule has 0 N–H and O–H groups in total. The standard InChI is InChI=1S/C17H14F3NOS/c1-16(2)9-14(11-4-3-7-21-10-11)13-8-12(23-17(18,19)20)5-6-15(13)22-16/h3-10H,1-2H3. The molecule has 0 bridgehead atoms. The SMILES string of the molecule is CC1(C)C=C(c2cccnc2)c2cc(SC(F)(F)F)ccc2O1. The van der Waals surface area contributed by atoms with Crippen molar-refractivity contribution in [3.8, 4) is 5.75 Å². The minimum Gasteiger partial charge on any atom is -0.483 e. The summed E-state index contributed by atoms with van der Waals surface area (Å²) in [7, 11) is 0. The molecule has 0 saturated heterocycles. The Labute approximate surface area is 136 Å². The van der Waals surface area contributed by atoms with E-state index in [1.165, 1.54) is 12.1 Å². The van der Waals surface area contributed by atoms with Crippen molar-refractivity contribution in [2.45, 2.75) is 29.9 Å². The van der Waals surface area contributed by atoms with Gasteiger partial charge in [0, 0.05) is 28.4 Å². The first kappa shape index (κ1) is 15.9. The zero-order valence-corrected chi connectivity index (χ0v) is 13.3. The molecule has 0 aliphatic carbocycles. The molecule has 23 heavy (non-hydrogen) atoms. The van der Waals surface area contributed by atoms with Crippen molar-refractivity contribution in [1.29, 1.82) is 0 Å². The summed E-state index contributed by atoms with van der Waals surface area (Å²) in [5, 5.41) is 0. The molecular formula is C17H14F3NOS. The van der Waals surface area contributed by atoms with Crippen LogP contribution in [-0.4, -0.2) is 16.1 Å². The minimum absolute atomic E-state index is 0.128. The molecule has 6 heteroatoms. The van der Waals surface area contributed by atoms with Crippen molar-refractivity contribution >= 4 is 17.3 Å². The highest BCUT2D eigenvalue weighted by molar-refractivity contribution is 8.00. The highest BCUT2D eigenvalue weighted by atomic mass is 32.2. The van der Waals surface area contributed by atoms with Gasteiger partial charge in [0.25, 0.3) is 0 Å². The van der Waals surface area contributed by atoms with E-state index in [0.717, 1.165) is 11.1 Å². The maximum Gasteiger partial charge on any atom is 0.446 e. The number of fused-ring (bicyclic) bond motifs is 1. The zero-order valence-electron chi connectivity index (χ0n) is 12.5. The Kier molecular flexibility index (Phi) is 3.88. The lowest BCUT2D eigenvalue weighted by molar-refractivity contribution is -0.0328. The number of pyridine rings is 1. The van der Waals surface area contributed by atoms with Crippen LogP contribution in [0.2, 0.25) is 0 Å². The number of alkyl halides is 3. The van der Waals surface area contributed by atoms with Crippen molar-refractivity contribution in [3.05, 3.63) is 59.9 Å². The molecule has 1 aliphatic rings. The van der Waals surface area contributed by atoms with Gasteiger partial charge in [-0.05, 0) is 61.5 Å². The third-order valence-corrected chi connectivity index (χ3v) is 4.03. The molecule has 0 radical (unpaired) electrons. The third-order valence-electron chi connectivity index (χ3n) is 3.31. The van der Waals surface area contributed by atoms with Crippen molar-refractivity contribution in [2.24, 2.45) is 0 Å². The predicted molar refractivity (Wildman–Crippen MR) is 84.4 cm³/mol. The fourth-order valence-electron chi connectivity index (χ4n) is 2.50. The van der Waals surface area contributed by atoms with Gasteiger partial charge in [-0.3, -0.25) is 4.98 Å². The lowest BCUT2D eigenvalue weighted by Gasteiger charge is -2.31. The van der Waals surface area contributed by atoms with E-state index >= 15 is 0 Å². The number of halogens is 3. The molecule has 2 aromatic rings. The number of ether oxygens (including phenoxy) is 1. The van der Waals surface area contributed by atoms with E-state index in [-0.39, 0.29) is 16.7 Å². The number of rotatable bonds is 2. The van der Waals surface area contributed by atoms with E-state index in [1.807, 2.05) is 26.0 Å². The van der Waals surface area contributed by atoms with Gasteiger partial charge in [0.05, 0.1) is 0 Å². The third kappa shape index (κ3) is 3.69. The summed E-state index contributed by atoms with van der Waals surface area (Å²) < 4.78 is 43.7. The Hall–Kier alpha value is -1.95. The molecule has 1 aromatic carbocycles. The van der Waals surface area contributed by atoms with Crippen LogP contribution in [0, 0.1) is 0 Å². The molecule has 2 nitrogen and oxygen atoms in total. The molecule has 0 spiro atoms. The van der Waals surface area contributed by atoms with Gasteiger partial charge < -0.3 is 4.74 Å². The fourth-order valence-corrected chi connectivity index (χ4v) is 3.08. The molecule has 3 rings (SSSR count). The lowest BCUT2D eigenvalue weighted by Crippen LogP contribution is -2.29. The van der Waals surface area contributed by atoms with Crippen LogP contribution in [-0.2, 0) is 0 Å². The highest BCUT2D eigenvalue weighted by Gasteiger charge is 2.31. The fraction of sp³-hybridized carbons (Fsp3) is 0.235. The maximum atomic E-state index is 12.6. The predicted octanol–water partition coefficient (Wildman–Crippen LogP) is 5.30. The summed E-state index contributed by atoms with van der Waals surface area (Å²) >= 11 is -0.128. The molecule has 0 fully saturated rings. The Morgan fingerprint density at radius 3 is 2.61 bits per heavy atom. The maximum absolute atomic E-state index is 12.6. The second-order valence-corrected chi connectivity index (χ2v) is 6.85. The summed E-state index contributed by atoms with van der Waals surface area (Å²) in [5.74, 6) is 0.572. The Bertz CT molecular complexity index is 754. The molecule has 1 aromatic heterocycles. The normalized spacial score (nSPS) is 16.3. The quantitative estimate of drug-likeness (QED) is 0.695. The molecule has 0 saturated carbocycles. The molecule has 2 heterocycles. The summed E-state index contributed by atoms with van der Waals surface area (Å²) in [6.45, 7) is 3.81. The van der Waals surface area contributed by atoms with Crippen LogP contribution >= 0.6 is 11.8 Å². The topological polar surface area (TPSA) is 22.1 Å². The van der Waals surface area contributed by atoms with Crippen LogP contribution < -0.4 is 4.74 Å². The number of nitrogens with zero attached hydrogens (tertiary/aromatic N) is 1. The highest BCUT2D eigenvalue weighted by Crippen LogP contribution is 2.43. The van der Waals surface area contributed by atoms with Crippen LogP contribution in [0.5, 0.6) is 5.75 Å². The summed E-state index contributed by atoms with van der Waals surface area (Å²) in [6.07, 6.45) is 5.26. The summed E-state index contributed by atoms with van der Waals surface area (Å²) in [5.41, 5.74) is -2.54. The van der Waals surface area contributed by atoms with Crippen LogP contribution in [0.25, 0.3) is 5.57 Å². The zero-order chi connectivity index (χ0) is 16.7. The van der Waals surface area contributed by atoms with Gasteiger partial charge in [0.1, 0.15) is 11.4 Å². The lowest BCUT2D eigenvalue weighted by atomic mass is 9.91. The van der Waals surface area contributed by atoms with E-state index in [0.29, 0.717) is 11.3 Å². The number of hydrogen-bond acceptors (Lipinski definition) is 3. The van der Waals surface area contributed by atoms with E-state index < -0.39 is 11.1 Å². The molecule has 1 aliphatic heterocycles. The van der Waals surface area contributed by atoms with Gasteiger partial charge in [-0.25, -0.2) is 0 Å². The first-order chi connectivity index (χ1) is 10.7. The second kappa shape index (κ2) is 5.60. The van der Waals surface area contributed by atoms with Gasteiger partial charge in [-0.1, -0.05) is 6.07 Å². The van der Waals surface area contributed by atoms with Crippen LogP contribution in [0.1, 0.15) is 25.0 Å². The number of benzene rings is 1. The van der Waals surface area contributed by atoms with E-state index in [1.54, 1.807) is 24.5 Å². The van der Waals surface area contributed by atoms with Crippen LogP contribution in [0.4, 0.5) is 13.2 Å². The van der Waals surface area contributed by atoms with Crippen molar-refractivity contribution in [2.75, 3.05) is 0 Å². The van der Waals surface area contributed by atoms with Gasteiger partial charge in [-0.2, -0.15) is 13.2 Å². The Balaban J connectivity index is 2.10. The summed E-state index contributed by atoms with van der Waals surface area (Å²) in [4.78, 5) is 4.23. The molecule has 120 valence electrons. The number of aromatic nitrogens is 1. The van der Waals surface area contributed by atoms with Gasteiger partial charge in [0.2, 0.25) is 0 Å². The summed E-state index contributed by atoms with van der Waals surface area (Å²) in [6, 6.07) is 8.22. The van der Waals surface area contributed by atoms with E-state index in [9.17, 15) is 13.2 Å². The monoisotopic (exact) mass is 337 g/mol. The first-order valence-corrected chi connectivity index (χ1v) is 7.78. The number of hydrogen-bond donors (Lipinski definition) is 0. The average molecular weight is 337 g/mol. The van der Waals surface area contributed by atoms with Crippen LogP contribution in [0.3, 0.4) is 0 Å². The first-order valence-electron chi connectivity index (χ1n) is 6.96. The van der Waals surface area contributed by atoms with Crippen LogP contribution in [0.15, 0.2) is 53.7 Å². The Morgan fingerprint density at radius 1 is 1.17 bits per heavy atom. The van der Waals surface area contributed by atoms with Gasteiger partial charge in [-0.15, -0.1) is 0 Å². The minimum atomic E-state index is -4.32. The van der Waals surface area contributed by atoms with Gasteiger partial charge in [0.15, 0.2) is 0 Å². The smallest absolute Gasteiger partial charge is 0.446 e. The molecule has 0 unspecified atom stereocenters. The van der Waals surface area contributed by atoms with Crippen molar-refractivity contribution in [3.63, 3.8) is 0 Å². The van der Waals surface area contributed by atoms with Crippen molar-refractivity contribution < 1.29 is 17.9 Å². The molecule has 0 atom stereocenters.